The largest absolute Gasteiger partial charge is 0.390 e. The van der Waals surface area contributed by atoms with E-state index in [1.54, 1.807) is 17.5 Å². The lowest BCUT2D eigenvalue weighted by atomic mass is 10.2. The lowest BCUT2D eigenvalue weighted by molar-refractivity contribution is 0.277. The standard InChI is InChI=1S/C12H13BrN2OS/c1-15(6-9-4-12(13)17-8-9)11-2-3-14-10(5-11)7-16/h2-5,8,16H,6-7H2,1H3. The first kappa shape index (κ1) is 12.5. The fourth-order valence-corrected chi connectivity index (χ4v) is 2.78. The molecule has 0 amide bonds. The summed E-state index contributed by atoms with van der Waals surface area (Å²) in [5.41, 5.74) is 3.03. The molecule has 0 aliphatic rings. The summed E-state index contributed by atoms with van der Waals surface area (Å²) < 4.78 is 1.15. The van der Waals surface area contributed by atoms with Gasteiger partial charge in [0.05, 0.1) is 16.1 Å². The van der Waals surface area contributed by atoms with E-state index in [4.69, 9.17) is 5.11 Å². The van der Waals surface area contributed by atoms with Crippen molar-refractivity contribution in [1.82, 2.24) is 4.98 Å². The molecule has 3 nitrogen and oxygen atoms in total. The van der Waals surface area contributed by atoms with Crippen LogP contribution < -0.4 is 4.90 Å². The molecular weight excluding hydrogens is 300 g/mol. The number of thiophene rings is 1. The summed E-state index contributed by atoms with van der Waals surface area (Å²) >= 11 is 5.14. The first-order chi connectivity index (χ1) is 8.19. The van der Waals surface area contributed by atoms with Gasteiger partial charge in [-0.15, -0.1) is 11.3 Å². The third-order valence-electron chi connectivity index (χ3n) is 2.44. The molecule has 1 N–H and O–H groups in total. The summed E-state index contributed by atoms with van der Waals surface area (Å²) in [6.07, 6.45) is 1.72. The van der Waals surface area contributed by atoms with Crippen molar-refractivity contribution in [3.8, 4) is 0 Å². The Morgan fingerprint density at radius 3 is 2.94 bits per heavy atom. The van der Waals surface area contributed by atoms with Gasteiger partial charge in [0, 0.05) is 25.5 Å². The molecule has 2 aromatic rings. The first-order valence-corrected chi connectivity index (χ1v) is 6.86. The SMILES string of the molecule is CN(Cc1csc(Br)c1)c1ccnc(CO)c1. The topological polar surface area (TPSA) is 36.4 Å². The molecule has 0 aromatic carbocycles. The Morgan fingerprint density at radius 1 is 1.47 bits per heavy atom. The molecule has 0 saturated heterocycles. The number of nitrogens with zero attached hydrogens (tertiary/aromatic N) is 2. The number of halogens is 1. The zero-order chi connectivity index (χ0) is 12.3. The van der Waals surface area contributed by atoms with Crippen LogP contribution in [0, 0.1) is 0 Å². The van der Waals surface area contributed by atoms with E-state index in [9.17, 15) is 0 Å². The zero-order valence-corrected chi connectivity index (χ0v) is 11.8. The van der Waals surface area contributed by atoms with Crippen molar-refractivity contribution >= 4 is 33.0 Å². The Morgan fingerprint density at radius 2 is 2.29 bits per heavy atom. The minimum atomic E-state index is -0.0221. The van der Waals surface area contributed by atoms with Gasteiger partial charge in [-0.1, -0.05) is 0 Å². The van der Waals surface area contributed by atoms with E-state index in [0.717, 1.165) is 16.0 Å². The number of aliphatic hydroxyl groups excluding tert-OH is 1. The second-order valence-electron chi connectivity index (χ2n) is 3.78. The quantitative estimate of drug-likeness (QED) is 0.942. The Kier molecular flexibility index (Phi) is 4.15. The number of hydrogen-bond donors (Lipinski definition) is 1. The molecule has 0 atom stereocenters. The summed E-state index contributed by atoms with van der Waals surface area (Å²) in [6, 6.07) is 5.97. The number of aliphatic hydroxyl groups is 1. The molecule has 17 heavy (non-hydrogen) atoms. The monoisotopic (exact) mass is 312 g/mol. The van der Waals surface area contributed by atoms with Crippen LogP contribution in [0.3, 0.4) is 0 Å². The van der Waals surface area contributed by atoms with Crippen LogP contribution in [0.1, 0.15) is 11.3 Å². The summed E-state index contributed by atoms with van der Waals surface area (Å²) in [6.45, 7) is 0.822. The molecule has 0 unspecified atom stereocenters. The normalized spacial score (nSPS) is 10.5. The molecule has 0 spiro atoms. The van der Waals surface area contributed by atoms with Crippen molar-refractivity contribution in [3.63, 3.8) is 0 Å². The second-order valence-corrected chi connectivity index (χ2v) is 6.07. The second kappa shape index (κ2) is 5.62. The Balaban J connectivity index is 2.11. The number of aromatic nitrogens is 1. The highest BCUT2D eigenvalue weighted by Gasteiger charge is 2.05. The van der Waals surface area contributed by atoms with Gasteiger partial charge in [-0.2, -0.15) is 0 Å². The van der Waals surface area contributed by atoms with Crippen LogP contribution in [0.4, 0.5) is 5.69 Å². The predicted molar refractivity (Wildman–Crippen MR) is 74.3 cm³/mol. The van der Waals surface area contributed by atoms with Gasteiger partial charge in [-0.25, -0.2) is 0 Å². The van der Waals surface area contributed by atoms with E-state index in [1.165, 1.54) is 5.56 Å². The van der Waals surface area contributed by atoms with Crippen molar-refractivity contribution in [3.05, 3.63) is 44.8 Å². The van der Waals surface area contributed by atoms with Gasteiger partial charge in [0.15, 0.2) is 0 Å². The molecule has 5 heteroatoms. The zero-order valence-electron chi connectivity index (χ0n) is 9.43. The maximum atomic E-state index is 9.05. The Bertz CT molecular complexity index is 501. The molecular formula is C12H13BrN2OS. The van der Waals surface area contributed by atoms with E-state index in [0.29, 0.717) is 5.69 Å². The van der Waals surface area contributed by atoms with Gasteiger partial charge in [0.1, 0.15) is 0 Å². The minimum Gasteiger partial charge on any atom is -0.390 e. The van der Waals surface area contributed by atoms with Gasteiger partial charge < -0.3 is 10.0 Å². The minimum absolute atomic E-state index is 0.0221. The molecule has 0 aliphatic carbocycles. The summed E-state index contributed by atoms with van der Waals surface area (Å²) in [4.78, 5) is 6.20. The Hall–Kier alpha value is -0.910. The molecule has 0 aliphatic heterocycles. The lowest BCUT2D eigenvalue weighted by Crippen LogP contribution is -2.16. The smallest absolute Gasteiger partial charge is 0.0853 e. The average molecular weight is 313 g/mol. The summed E-state index contributed by atoms with van der Waals surface area (Å²) in [5, 5.41) is 11.2. The summed E-state index contributed by atoms with van der Waals surface area (Å²) in [7, 11) is 2.03. The molecule has 2 rings (SSSR count). The third kappa shape index (κ3) is 3.28. The van der Waals surface area contributed by atoms with E-state index in [1.807, 2.05) is 19.2 Å². The highest BCUT2D eigenvalue weighted by molar-refractivity contribution is 9.11. The van der Waals surface area contributed by atoms with Crippen molar-refractivity contribution in [1.29, 1.82) is 0 Å². The maximum Gasteiger partial charge on any atom is 0.0853 e. The van der Waals surface area contributed by atoms with Crippen LogP contribution in [-0.2, 0) is 13.2 Å². The van der Waals surface area contributed by atoms with Crippen molar-refractivity contribution in [2.45, 2.75) is 13.2 Å². The molecule has 90 valence electrons. The number of hydrogen-bond acceptors (Lipinski definition) is 4. The number of anilines is 1. The molecule has 0 saturated carbocycles. The van der Waals surface area contributed by atoms with E-state index < -0.39 is 0 Å². The van der Waals surface area contributed by atoms with Crippen LogP contribution in [-0.4, -0.2) is 17.1 Å². The summed E-state index contributed by atoms with van der Waals surface area (Å²) in [5.74, 6) is 0. The van der Waals surface area contributed by atoms with Gasteiger partial charge in [-0.05, 0) is 45.1 Å². The van der Waals surface area contributed by atoms with Gasteiger partial charge in [-0.3, -0.25) is 4.98 Å². The first-order valence-electron chi connectivity index (χ1n) is 5.19. The highest BCUT2D eigenvalue weighted by Crippen LogP contribution is 2.23. The van der Waals surface area contributed by atoms with E-state index in [-0.39, 0.29) is 6.61 Å². The van der Waals surface area contributed by atoms with Crippen molar-refractivity contribution < 1.29 is 5.11 Å². The lowest BCUT2D eigenvalue weighted by Gasteiger charge is -2.18. The fraction of sp³-hybridized carbons (Fsp3) is 0.250. The van der Waals surface area contributed by atoms with Gasteiger partial charge >= 0.3 is 0 Å². The average Bonchev–Trinajstić information content (AvgIpc) is 2.75. The van der Waals surface area contributed by atoms with Crippen molar-refractivity contribution in [2.24, 2.45) is 0 Å². The molecule has 0 bridgehead atoms. The molecule has 2 aromatic heterocycles. The van der Waals surface area contributed by atoms with Crippen LogP contribution >= 0.6 is 27.3 Å². The van der Waals surface area contributed by atoms with Crippen LogP contribution in [0.5, 0.6) is 0 Å². The van der Waals surface area contributed by atoms with Gasteiger partial charge in [0.2, 0.25) is 0 Å². The van der Waals surface area contributed by atoms with Crippen LogP contribution in [0.15, 0.2) is 33.6 Å². The van der Waals surface area contributed by atoms with Crippen LogP contribution in [0.2, 0.25) is 0 Å². The Labute approximate surface area is 113 Å². The third-order valence-corrected chi connectivity index (χ3v) is 4.00. The van der Waals surface area contributed by atoms with E-state index >= 15 is 0 Å². The number of pyridine rings is 1. The molecule has 2 heterocycles. The molecule has 0 fully saturated rings. The molecule has 0 radical (unpaired) electrons. The highest BCUT2D eigenvalue weighted by atomic mass is 79.9. The number of rotatable bonds is 4. The van der Waals surface area contributed by atoms with Crippen LogP contribution in [0.25, 0.3) is 0 Å². The fourth-order valence-electron chi connectivity index (χ4n) is 1.58. The van der Waals surface area contributed by atoms with Gasteiger partial charge in [0.25, 0.3) is 0 Å². The van der Waals surface area contributed by atoms with Crippen molar-refractivity contribution in [2.75, 3.05) is 11.9 Å². The van der Waals surface area contributed by atoms with E-state index in [2.05, 4.69) is 37.3 Å². The predicted octanol–water partition coefficient (Wildman–Crippen LogP) is 3.03. The maximum absolute atomic E-state index is 9.05.